The van der Waals surface area contributed by atoms with Crippen LogP contribution in [0.2, 0.25) is 0 Å². The molecule has 2 nitrogen and oxygen atoms in total. The number of hydrogen-bond acceptors (Lipinski definition) is 1. The zero-order valence-corrected chi connectivity index (χ0v) is 13.1. The molecule has 0 aliphatic heterocycles. The van der Waals surface area contributed by atoms with E-state index in [4.69, 9.17) is 12.2 Å². The van der Waals surface area contributed by atoms with Crippen LogP contribution >= 0.6 is 28.1 Å². The van der Waals surface area contributed by atoms with Crippen molar-refractivity contribution in [1.29, 1.82) is 0 Å². The van der Waals surface area contributed by atoms with Crippen LogP contribution in [0.4, 0.5) is 0 Å². The van der Waals surface area contributed by atoms with Crippen molar-refractivity contribution in [3.8, 4) is 5.69 Å². The van der Waals surface area contributed by atoms with Crippen LogP contribution in [0.1, 0.15) is 11.1 Å². The number of fused-ring (bicyclic) bond motifs is 1. The first-order chi connectivity index (χ1) is 9.04. The molecule has 4 heteroatoms. The first kappa shape index (κ1) is 12.6. The average molecular weight is 333 g/mol. The van der Waals surface area contributed by atoms with Gasteiger partial charge in [0.15, 0.2) is 4.77 Å². The van der Waals surface area contributed by atoms with Crippen molar-refractivity contribution in [1.82, 2.24) is 9.55 Å². The Labute approximate surface area is 125 Å². The minimum absolute atomic E-state index is 0.720. The SMILES string of the molecule is Cc1cc(Br)cc(-n2c(=S)[nH]c3ccc(C)cc32)c1. The molecule has 0 fully saturated rings. The molecule has 0 saturated carbocycles. The van der Waals surface area contributed by atoms with Gasteiger partial charge in [0.1, 0.15) is 0 Å². The summed E-state index contributed by atoms with van der Waals surface area (Å²) in [5.41, 5.74) is 5.68. The summed E-state index contributed by atoms with van der Waals surface area (Å²) < 4.78 is 3.86. The molecule has 96 valence electrons. The molecule has 0 atom stereocenters. The molecule has 0 aliphatic rings. The molecule has 0 radical (unpaired) electrons. The van der Waals surface area contributed by atoms with Crippen LogP contribution in [-0.4, -0.2) is 9.55 Å². The second kappa shape index (κ2) is 4.62. The lowest BCUT2D eigenvalue weighted by molar-refractivity contribution is 1.06. The molecule has 0 unspecified atom stereocenters. The topological polar surface area (TPSA) is 20.7 Å². The number of aromatic amines is 1. The number of nitrogens with zero attached hydrogens (tertiary/aromatic N) is 1. The highest BCUT2D eigenvalue weighted by molar-refractivity contribution is 9.10. The Hall–Kier alpha value is -1.39. The molecule has 1 N–H and O–H groups in total. The molecule has 0 aliphatic carbocycles. The third kappa shape index (κ3) is 2.26. The zero-order valence-electron chi connectivity index (χ0n) is 10.7. The normalized spacial score (nSPS) is 11.1. The largest absolute Gasteiger partial charge is 0.330 e. The van der Waals surface area contributed by atoms with Crippen molar-refractivity contribution in [3.63, 3.8) is 0 Å². The minimum Gasteiger partial charge on any atom is -0.330 e. The first-order valence-electron chi connectivity index (χ1n) is 6.03. The fraction of sp³-hybridized carbons (Fsp3) is 0.133. The summed E-state index contributed by atoms with van der Waals surface area (Å²) in [5.74, 6) is 0. The van der Waals surface area contributed by atoms with Gasteiger partial charge in [0.25, 0.3) is 0 Å². The van der Waals surface area contributed by atoms with E-state index >= 15 is 0 Å². The second-order valence-corrected chi connectivity index (χ2v) is 6.08. The van der Waals surface area contributed by atoms with Gasteiger partial charge in [0.2, 0.25) is 0 Å². The molecule has 19 heavy (non-hydrogen) atoms. The van der Waals surface area contributed by atoms with Crippen molar-refractivity contribution in [3.05, 3.63) is 56.8 Å². The Balaban J connectivity index is 2.38. The van der Waals surface area contributed by atoms with Crippen LogP contribution in [-0.2, 0) is 0 Å². The van der Waals surface area contributed by atoms with Crippen molar-refractivity contribution in [2.24, 2.45) is 0 Å². The van der Waals surface area contributed by atoms with E-state index in [1.54, 1.807) is 0 Å². The smallest absolute Gasteiger partial charge is 0.182 e. The van der Waals surface area contributed by atoms with Crippen LogP contribution in [0.15, 0.2) is 40.9 Å². The van der Waals surface area contributed by atoms with E-state index in [-0.39, 0.29) is 0 Å². The highest BCUT2D eigenvalue weighted by atomic mass is 79.9. The molecule has 0 amide bonds. The summed E-state index contributed by atoms with van der Waals surface area (Å²) in [6.45, 7) is 4.17. The van der Waals surface area contributed by atoms with Crippen LogP contribution in [0, 0.1) is 18.6 Å². The van der Waals surface area contributed by atoms with Gasteiger partial charge in [-0.1, -0.05) is 22.0 Å². The molecule has 3 aromatic rings. The molecule has 3 rings (SSSR count). The highest BCUT2D eigenvalue weighted by Crippen LogP contribution is 2.24. The fourth-order valence-corrected chi connectivity index (χ4v) is 3.22. The number of aryl methyl sites for hydroxylation is 2. The second-order valence-electron chi connectivity index (χ2n) is 4.77. The fourth-order valence-electron chi connectivity index (χ4n) is 2.32. The molecule has 1 aromatic heterocycles. The minimum atomic E-state index is 0.720. The van der Waals surface area contributed by atoms with E-state index in [1.807, 2.05) is 0 Å². The van der Waals surface area contributed by atoms with E-state index in [0.717, 1.165) is 26.0 Å². The van der Waals surface area contributed by atoms with Gasteiger partial charge in [-0.25, -0.2) is 0 Å². The maximum atomic E-state index is 5.46. The molecular formula is C15H13BrN2S. The monoisotopic (exact) mass is 332 g/mol. The van der Waals surface area contributed by atoms with Gasteiger partial charge >= 0.3 is 0 Å². The number of nitrogens with one attached hydrogen (secondary N) is 1. The summed E-state index contributed by atoms with van der Waals surface area (Å²) in [7, 11) is 0. The van der Waals surface area contributed by atoms with Gasteiger partial charge < -0.3 is 4.98 Å². The molecule has 1 heterocycles. The number of hydrogen-bond donors (Lipinski definition) is 1. The third-order valence-corrected chi connectivity index (χ3v) is 3.87. The Bertz CT molecular complexity index is 810. The summed E-state index contributed by atoms with van der Waals surface area (Å²) in [6, 6.07) is 12.6. The van der Waals surface area contributed by atoms with Crippen LogP contribution in [0.5, 0.6) is 0 Å². The lowest BCUT2D eigenvalue weighted by Crippen LogP contribution is -1.95. The Kier molecular flexibility index (Phi) is 3.07. The van der Waals surface area contributed by atoms with Crippen LogP contribution in [0.25, 0.3) is 16.7 Å². The quantitative estimate of drug-likeness (QED) is 0.617. The zero-order chi connectivity index (χ0) is 13.6. The number of benzene rings is 2. The lowest BCUT2D eigenvalue weighted by Gasteiger charge is -2.07. The molecule has 2 aromatic carbocycles. The van der Waals surface area contributed by atoms with Gasteiger partial charge in [0, 0.05) is 10.2 Å². The van der Waals surface area contributed by atoms with E-state index in [0.29, 0.717) is 0 Å². The van der Waals surface area contributed by atoms with Gasteiger partial charge in [-0.15, -0.1) is 0 Å². The summed E-state index contributed by atoms with van der Waals surface area (Å²) in [5, 5.41) is 0. The molecular weight excluding hydrogens is 320 g/mol. The third-order valence-electron chi connectivity index (χ3n) is 3.12. The van der Waals surface area contributed by atoms with Gasteiger partial charge in [-0.3, -0.25) is 4.57 Å². The predicted octanol–water partition coefficient (Wildman–Crippen LogP) is 5.07. The first-order valence-corrected chi connectivity index (χ1v) is 7.24. The van der Waals surface area contributed by atoms with Gasteiger partial charge in [0.05, 0.1) is 11.0 Å². The van der Waals surface area contributed by atoms with Crippen molar-refractivity contribution >= 4 is 39.2 Å². The average Bonchev–Trinajstić information content (AvgIpc) is 2.63. The number of imidazole rings is 1. The maximum Gasteiger partial charge on any atom is 0.182 e. The van der Waals surface area contributed by atoms with Crippen molar-refractivity contribution in [2.75, 3.05) is 0 Å². The number of rotatable bonds is 1. The van der Waals surface area contributed by atoms with E-state index in [2.05, 4.69) is 75.7 Å². The number of halogens is 1. The highest BCUT2D eigenvalue weighted by Gasteiger charge is 2.07. The number of H-pyrrole nitrogens is 1. The van der Waals surface area contributed by atoms with E-state index in [9.17, 15) is 0 Å². The Morgan fingerprint density at radius 1 is 1.05 bits per heavy atom. The maximum absolute atomic E-state index is 5.46. The van der Waals surface area contributed by atoms with Crippen LogP contribution < -0.4 is 0 Å². The van der Waals surface area contributed by atoms with E-state index in [1.165, 1.54) is 11.1 Å². The van der Waals surface area contributed by atoms with Crippen molar-refractivity contribution < 1.29 is 0 Å². The summed E-state index contributed by atoms with van der Waals surface area (Å²) in [4.78, 5) is 3.25. The Morgan fingerprint density at radius 3 is 2.58 bits per heavy atom. The molecule has 0 saturated heterocycles. The van der Waals surface area contributed by atoms with E-state index < -0.39 is 0 Å². The Morgan fingerprint density at radius 2 is 1.84 bits per heavy atom. The lowest BCUT2D eigenvalue weighted by atomic mass is 10.2. The van der Waals surface area contributed by atoms with Crippen LogP contribution in [0.3, 0.4) is 0 Å². The predicted molar refractivity (Wildman–Crippen MR) is 85.6 cm³/mol. The standard InChI is InChI=1S/C15H13BrN2S/c1-9-3-4-13-14(7-9)18(15(19)17-13)12-6-10(2)5-11(16)8-12/h3-8H,1-2H3,(H,17,19). The van der Waals surface area contributed by atoms with Gasteiger partial charge in [-0.2, -0.15) is 0 Å². The summed E-state index contributed by atoms with van der Waals surface area (Å²) in [6.07, 6.45) is 0. The summed E-state index contributed by atoms with van der Waals surface area (Å²) >= 11 is 9.00. The molecule has 0 bridgehead atoms. The molecule has 0 spiro atoms. The van der Waals surface area contributed by atoms with Gasteiger partial charge in [-0.05, 0) is 67.5 Å². The van der Waals surface area contributed by atoms with Crippen molar-refractivity contribution in [2.45, 2.75) is 13.8 Å². The number of aromatic nitrogens is 2.